The average molecular weight is 415 g/mol. The van der Waals surface area contributed by atoms with E-state index in [1.165, 1.54) is 11.3 Å². The second-order valence-electron chi connectivity index (χ2n) is 6.49. The Kier molecular flexibility index (Phi) is 4.52. The van der Waals surface area contributed by atoms with Crippen molar-refractivity contribution in [2.24, 2.45) is 0 Å². The fraction of sp³-hybridized carbons (Fsp3) is 0.158. The number of nitrogens with one attached hydrogen (secondary N) is 2. The van der Waals surface area contributed by atoms with Gasteiger partial charge in [0.25, 0.3) is 5.91 Å². The molecular weight excluding hydrogens is 400 g/mol. The maximum absolute atomic E-state index is 12.8. The van der Waals surface area contributed by atoms with E-state index in [1.54, 1.807) is 49.4 Å². The van der Waals surface area contributed by atoms with Crippen molar-refractivity contribution in [2.75, 3.05) is 11.9 Å². The molecule has 1 fully saturated rings. The van der Waals surface area contributed by atoms with Gasteiger partial charge in [0.05, 0.1) is 10.2 Å². The van der Waals surface area contributed by atoms with E-state index < -0.39 is 29.9 Å². The lowest BCUT2D eigenvalue weighted by atomic mass is 9.92. The average Bonchev–Trinajstić information content (AvgIpc) is 3.15. The predicted molar refractivity (Wildman–Crippen MR) is 107 cm³/mol. The van der Waals surface area contributed by atoms with Gasteiger partial charge >= 0.3 is 6.03 Å². The number of hydrogen-bond acceptors (Lipinski definition) is 5. The predicted octanol–water partition coefficient (Wildman–Crippen LogP) is 3.36. The molecule has 2 aromatic carbocycles. The molecule has 0 radical (unpaired) electrons. The Bertz CT molecular complexity index is 1100. The van der Waals surface area contributed by atoms with Crippen LogP contribution in [0.4, 0.5) is 9.93 Å². The minimum atomic E-state index is -1.20. The van der Waals surface area contributed by atoms with Crippen LogP contribution in [-0.4, -0.2) is 34.3 Å². The maximum Gasteiger partial charge on any atom is 0.325 e. The molecule has 9 heteroatoms. The quantitative estimate of drug-likeness (QED) is 0.640. The molecule has 142 valence electrons. The zero-order chi connectivity index (χ0) is 19.9. The van der Waals surface area contributed by atoms with Gasteiger partial charge in [-0.1, -0.05) is 53.3 Å². The number of rotatable bonds is 4. The molecule has 0 bridgehead atoms. The molecule has 0 aliphatic carbocycles. The van der Waals surface area contributed by atoms with Crippen LogP contribution in [0.25, 0.3) is 10.2 Å². The van der Waals surface area contributed by atoms with Crippen LogP contribution < -0.4 is 10.6 Å². The molecule has 2 N–H and O–H groups in total. The van der Waals surface area contributed by atoms with Crippen molar-refractivity contribution < 1.29 is 14.4 Å². The molecule has 4 amide bonds. The summed E-state index contributed by atoms with van der Waals surface area (Å²) in [6, 6.07) is 13.5. The molecular formula is C19H15ClN4O3S. The van der Waals surface area contributed by atoms with E-state index in [4.69, 9.17) is 11.6 Å². The Hall–Kier alpha value is -2.97. The molecule has 1 aliphatic rings. The summed E-state index contributed by atoms with van der Waals surface area (Å²) in [7, 11) is 0. The number of anilines is 1. The fourth-order valence-electron chi connectivity index (χ4n) is 3.06. The SMILES string of the molecule is C[C@@]1(c2ccccc2)NC(=O)N(CC(=O)Nc2nc3ccc(Cl)cc3s2)C1=O. The van der Waals surface area contributed by atoms with Crippen LogP contribution in [0.5, 0.6) is 0 Å². The Labute approximate surface area is 169 Å². The molecule has 1 aromatic heterocycles. The smallest absolute Gasteiger partial charge is 0.319 e. The number of thiazole rings is 1. The highest BCUT2D eigenvalue weighted by molar-refractivity contribution is 7.22. The second-order valence-corrected chi connectivity index (χ2v) is 7.96. The van der Waals surface area contributed by atoms with Crippen molar-refractivity contribution in [3.8, 4) is 0 Å². The number of carbonyl (C=O) groups excluding carboxylic acids is 3. The van der Waals surface area contributed by atoms with Gasteiger partial charge in [0.2, 0.25) is 5.91 Å². The van der Waals surface area contributed by atoms with E-state index in [9.17, 15) is 14.4 Å². The lowest BCUT2D eigenvalue weighted by Gasteiger charge is -2.21. The van der Waals surface area contributed by atoms with Crippen molar-refractivity contribution in [3.63, 3.8) is 0 Å². The minimum absolute atomic E-state index is 0.375. The number of halogens is 1. The molecule has 0 saturated carbocycles. The van der Waals surface area contributed by atoms with E-state index in [0.29, 0.717) is 21.2 Å². The number of aromatic nitrogens is 1. The molecule has 0 spiro atoms. The van der Waals surface area contributed by atoms with Gasteiger partial charge in [-0.15, -0.1) is 0 Å². The Balaban J connectivity index is 1.49. The summed E-state index contributed by atoms with van der Waals surface area (Å²) in [5.74, 6) is -0.985. The lowest BCUT2D eigenvalue weighted by molar-refractivity contribution is -0.133. The summed E-state index contributed by atoms with van der Waals surface area (Å²) in [4.78, 5) is 42.8. The van der Waals surface area contributed by atoms with E-state index in [0.717, 1.165) is 9.60 Å². The van der Waals surface area contributed by atoms with Gasteiger partial charge in [-0.05, 0) is 30.7 Å². The molecule has 7 nitrogen and oxygen atoms in total. The van der Waals surface area contributed by atoms with E-state index in [2.05, 4.69) is 15.6 Å². The van der Waals surface area contributed by atoms with E-state index >= 15 is 0 Å². The number of carbonyl (C=O) groups is 3. The molecule has 2 heterocycles. The van der Waals surface area contributed by atoms with Crippen LogP contribution in [-0.2, 0) is 15.1 Å². The monoisotopic (exact) mass is 414 g/mol. The minimum Gasteiger partial charge on any atom is -0.319 e. The summed E-state index contributed by atoms with van der Waals surface area (Å²) < 4.78 is 0.828. The first-order valence-electron chi connectivity index (χ1n) is 8.42. The topological polar surface area (TPSA) is 91.4 Å². The molecule has 0 unspecified atom stereocenters. The van der Waals surface area contributed by atoms with Gasteiger partial charge in [-0.25, -0.2) is 9.78 Å². The highest BCUT2D eigenvalue weighted by Crippen LogP contribution is 2.30. The first kappa shape index (κ1) is 18.4. The van der Waals surface area contributed by atoms with Gasteiger partial charge < -0.3 is 10.6 Å². The van der Waals surface area contributed by atoms with Crippen molar-refractivity contribution >= 4 is 56.1 Å². The van der Waals surface area contributed by atoms with Crippen molar-refractivity contribution in [1.82, 2.24) is 15.2 Å². The first-order chi connectivity index (χ1) is 13.4. The molecule has 1 saturated heterocycles. The third-order valence-corrected chi connectivity index (χ3v) is 5.69. The molecule has 1 atom stereocenters. The number of fused-ring (bicyclic) bond motifs is 1. The van der Waals surface area contributed by atoms with Gasteiger partial charge in [0.15, 0.2) is 5.13 Å². The molecule has 1 aliphatic heterocycles. The first-order valence-corrected chi connectivity index (χ1v) is 9.62. The normalized spacial score (nSPS) is 19.1. The number of urea groups is 1. The lowest BCUT2D eigenvalue weighted by Crippen LogP contribution is -2.42. The van der Waals surface area contributed by atoms with Crippen molar-refractivity contribution in [1.29, 1.82) is 0 Å². The van der Waals surface area contributed by atoms with Crippen LogP contribution in [0.1, 0.15) is 12.5 Å². The molecule has 28 heavy (non-hydrogen) atoms. The number of hydrogen-bond donors (Lipinski definition) is 2. The summed E-state index contributed by atoms with van der Waals surface area (Å²) in [5, 5.41) is 6.26. The van der Waals surface area contributed by atoms with Crippen molar-refractivity contribution in [2.45, 2.75) is 12.5 Å². The number of nitrogens with zero attached hydrogens (tertiary/aromatic N) is 2. The zero-order valence-electron chi connectivity index (χ0n) is 14.7. The molecule has 4 rings (SSSR count). The third-order valence-electron chi connectivity index (χ3n) is 4.52. The van der Waals surface area contributed by atoms with Crippen LogP contribution in [0.2, 0.25) is 5.02 Å². The Morgan fingerprint density at radius 2 is 2.00 bits per heavy atom. The number of amides is 4. The van der Waals surface area contributed by atoms with Crippen LogP contribution >= 0.6 is 22.9 Å². The Morgan fingerprint density at radius 3 is 2.75 bits per heavy atom. The van der Waals surface area contributed by atoms with Crippen LogP contribution in [0.15, 0.2) is 48.5 Å². The summed E-state index contributed by atoms with van der Waals surface area (Å²) >= 11 is 7.22. The van der Waals surface area contributed by atoms with E-state index in [1.807, 2.05) is 6.07 Å². The van der Waals surface area contributed by atoms with E-state index in [-0.39, 0.29) is 0 Å². The maximum atomic E-state index is 12.8. The van der Waals surface area contributed by atoms with Gasteiger partial charge in [0.1, 0.15) is 12.1 Å². The van der Waals surface area contributed by atoms with Gasteiger partial charge in [-0.2, -0.15) is 0 Å². The molecule has 3 aromatic rings. The third kappa shape index (κ3) is 3.21. The van der Waals surface area contributed by atoms with Crippen molar-refractivity contribution in [3.05, 3.63) is 59.1 Å². The second kappa shape index (κ2) is 6.88. The standard InChI is InChI=1S/C19H15ClN4O3S/c1-19(11-5-3-2-4-6-11)16(26)24(18(27)23-19)10-15(25)22-17-21-13-8-7-12(20)9-14(13)28-17/h2-9H,10H2,1H3,(H,23,27)(H,21,22,25)/t19-/m0/s1. The van der Waals surface area contributed by atoms with Gasteiger partial charge in [-0.3, -0.25) is 14.5 Å². The highest BCUT2D eigenvalue weighted by Gasteiger charge is 2.49. The highest BCUT2D eigenvalue weighted by atomic mass is 35.5. The summed E-state index contributed by atoms with van der Waals surface area (Å²) in [5.41, 5.74) is 0.154. The Morgan fingerprint density at radius 1 is 1.25 bits per heavy atom. The summed E-state index contributed by atoms with van der Waals surface area (Å²) in [6.45, 7) is 1.22. The number of benzene rings is 2. The van der Waals surface area contributed by atoms with Gasteiger partial charge in [0, 0.05) is 5.02 Å². The fourth-order valence-corrected chi connectivity index (χ4v) is 4.22. The van der Waals surface area contributed by atoms with Crippen LogP contribution in [0.3, 0.4) is 0 Å². The number of imide groups is 1. The summed E-state index contributed by atoms with van der Waals surface area (Å²) in [6.07, 6.45) is 0. The largest absolute Gasteiger partial charge is 0.325 e. The van der Waals surface area contributed by atoms with Crippen LogP contribution in [0, 0.1) is 0 Å². The zero-order valence-corrected chi connectivity index (χ0v) is 16.3.